The van der Waals surface area contributed by atoms with Gasteiger partial charge in [-0.1, -0.05) is 0 Å². The lowest BCUT2D eigenvalue weighted by molar-refractivity contribution is -0.140. The first-order chi connectivity index (χ1) is 9.86. The topological polar surface area (TPSA) is 69.7 Å². The predicted molar refractivity (Wildman–Crippen MR) is 82.4 cm³/mol. The molecule has 1 N–H and O–H groups in total. The number of sulfonamides is 1. The molecule has 2 aliphatic rings. The molecule has 0 aromatic carbocycles. The van der Waals surface area contributed by atoms with E-state index in [9.17, 15) is 13.2 Å². The lowest BCUT2D eigenvalue weighted by Gasteiger charge is -2.41. The van der Waals surface area contributed by atoms with Crippen LogP contribution in [0.1, 0.15) is 33.6 Å². The average Bonchev–Trinajstić information content (AvgIpc) is 2.49. The first-order valence-corrected chi connectivity index (χ1v) is 9.49. The summed E-state index contributed by atoms with van der Waals surface area (Å²) in [5.74, 6) is 0.309. The molecule has 0 aliphatic carbocycles. The second-order valence-electron chi connectivity index (χ2n) is 6.09. The van der Waals surface area contributed by atoms with Crippen molar-refractivity contribution in [2.75, 3.05) is 31.9 Å². The molecular weight excluding hydrogens is 290 g/mol. The monoisotopic (exact) mass is 317 g/mol. The maximum absolute atomic E-state index is 12.7. The largest absolute Gasteiger partial charge is 0.337 e. The van der Waals surface area contributed by atoms with Crippen LogP contribution < -0.4 is 5.32 Å². The van der Waals surface area contributed by atoms with Crippen LogP contribution in [-0.4, -0.2) is 67.5 Å². The van der Waals surface area contributed by atoms with Crippen LogP contribution in [0.4, 0.5) is 0 Å². The number of carbonyl (C=O) groups excluding carboxylic acids is 1. The first-order valence-electron chi connectivity index (χ1n) is 7.88. The molecule has 2 atom stereocenters. The van der Waals surface area contributed by atoms with Gasteiger partial charge in [-0.15, -0.1) is 0 Å². The highest BCUT2D eigenvalue weighted by Crippen LogP contribution is 2.24. The van der Waals surface area contributed by atoms with Crippen LogP contribution in [0.5, 0.6) is 0 Å². The lowest BCUT2D eigenvalue weighted by Crippen LogP contribution is -2.59. The molecule has 0 radical (unpaired) electrons. The first kappa shape index (κ1) is 16.7. The van der Waals surface area contributed by atoms with Gasteiger partial charge in [0.1, 0.15) is 0 Å². The van der Waals surface area contributed by atoms with Crippen molar-refractivity contribution in [3.05, 3.63) is 0 Å². The van der Waals surface area contributed by atoms with Crippen molar-refractivity contribution in [3.63, 3.8) is 0 Å². The maximum Gasteiger partial charge on any atom is 0.226 e. The summed E-state index contributed by atoms with van der Waals surface area (Å²) in [6.45, 7) is 8.37. The van der Waals surface area contributed by atoms with Gasteiger partial charge in [0.15, 0.2) is 0 Å². The third-order valence-corrected chi connectivity index (χ3v) is 6.76. The minimum absolute atomic E-state index is 0.0268. The normalized spacial score (nSPS) is 29.6. The molecule has 1 amide bonds. The van der Waals surface area contributed by atoms with E-state index in [4.69, 9.17) is 0 Å². The summed E-state index contributed by atoms with van der Waals surface area (Å²) >= 11 is 0. The molecule has 2 rings (SSSR count). The van der Waals surface area contributed by atoms with E-state index in [2.05, 4.69) is 19.2 Å². The molecule has 0 aromatic rings. The fraction of sp³-hybridized carbons (Fsp3) is 0.929. The van der Waals surface area contributed by atoms with Gasteiger partial charge in [-0.2, -0.15) is 0 Å². The highest BCUT2D eigenvalue weighted by molar-refractivity contribution is 7.89. The fourth-order valence-electron chi connectivity index (χ4n) is 3.17. The Labute approximate surface area is 127 Å². The van der Waals surface area contributed by atoms with Crippen molar-refractivity contribution in [3.8, 4) is 0 Å². The minimum Gasteiger partial charge on any atom is -0.337 e. The Balaban J connectivity index is 1.94. The minimum atomic E-state index is -3.12. The number of rotatable bonds is 3. The predicted octanol–water partition coefficient (Wildman–Crippen LogP) is 0.257. The molecular formula is C14H27N3O3S. The number of nitrogens with zero attached hydrogens (tertiary/aromatic N) is 2. The molecule has 0 aromatic heterocycles. The van der Waals surface area contributed by atoms with Crippen molar-refractivity contribution in [2.24, 2.45) is 5.92 Å². The molecule has 2 unspecified atom stereocenters. The molecule has 0 spiro atoms. The Bertz CT molecular complexity index is 472. The third kappa shape index (κ3) is 3.57. The van der Waals surface area contributed by atoms with Gasteiger partial charge in [-0.3, -0.25) is 4.79 Å². The van der Waals surface area contributed by atoms with Crippen molar-refractivity contribution >= 4 is 15.9 Å². The van der Waals surface area contributed by atoms with Crippen LogP contribution in [0.3, 0.4) is 0 Å². The smallest absolute Gasteiger partial charge is 0.226 e. The molecule has 7 heteroatoms. The molecule has 2 fully saturated rings. The van der Waals surface area contributed by atoms with Gasteiger partial charge >= 0.3 is 0 Å². The van der Waals surface area contributed by atoms with Gasteiger partial charge < -0.3 is 10.2 Å². The summed E-state index contributed by atoms with van der Waals surface area (Å²) in [5.41, 5.74) is 0. The van der Waals surface area contributed by atoms with Crippen molar-refractivity contribution in [1.82, 2.24) is 14.5 Å². The molecule has 122 valence electrons. The van der Waals surface area contributed by atoms with E-state index in [1.807, 2.05) is 4.90 Å². The van der Waals surface area contributed by atoms with Gasteiger partial charge in [0, 0.05) is 44.2 Å². The zero-order valence-corrected chi connectivity index (χ0v) is 14.0. The molecule has 0 saturated carbocycles. The summed E-state index contributed by atoms with van der Waals surface area (Å²) < 4.78 is 25.2. The Morgan fingerprint density at radius 1 is 1.19 bits per heavy atom. The van der Waals surface area contributed by atoms with E-state index in [-0.39, 0.29) is 23.6 Å². The van der Waals surface area contributed by atoms with E-state index in [1.54, 1.807) is 6.92 Å². The number of hydrogen-bond acceptors (Lipinski definition) is 4. The van der Waals surface area contributed by atoms with Crippen LogP contribution >= 0.6 is 0 Å². The number of nitrogens with one attached hydrogen (secondary N) is 1. The van der Waals surface area contributed by atoms with Gasteiger partial charge in [-0.05, 0) is 33.6 Å². The van der Waals surface area contributed by atoms with E-state index < -0.39 is 10.0 Å². The molecule has 2 aliphatic heterocycles. The van der Waals surface area contributed by atoms with Crippen LogP contribution in [-0.2, 0) is 14.8 Å². The number of piperidine rings is 1. The number of piperazine rings is 1. The molecule has 6 nitrogen and oxygen atoms in total. The zero-order valence-electron chi connectivity index (χ0n) is 13.2. The van der Waals surface area contributed by atoms with Crippen molar-refractivity contribution in [2.45, 2.75) is 45.7 Å². The van der Waals surface area contributed by atoms with E-state index in [1.165, 1.54) is 4.31 Å². The Kier molecular flexibility index (Phi) is 5.27. The van der Waals surface area contributed by atoms with Crippen molar-refractivity contribution in [1.29, 1.82) is 0 Å². The quantitative estimate of drug-likeness (QED) is 0.810. The summed E-state index contributed by atoms with van der Waals surface area (Å²) in [5, 5.41) is 3.37. The second kappa shape index (κ2) is 6.62. The van der Waals surface area contributed by atoms with Crippen molar-refractivity contribution < 1.29 is 13.2 Å². The Morgan fingerprint density at radius 2 is 1.81 bits per heavy atom. The molecule has 21 heavy (non-hydrogen) atoms. The van der Waals surface area contributed by atoms with Gasteiger partial charge in [0.2, 0.25) is 15.9 Å². The maximum atomic E-state index is 12.7. The summed E-state index contributed by atoms with van der Waals surface area (Å²) in [7, 11) is -3.12. The second-order valence-corrected chi connectivity index (χ2v) is 8.35. The van der Waals surface area contributed by atoms with Crippen LogP contribution in [0.15, 0.2) is 0 Å². The fourth-order valence-corrected chi connectivity index (χ4v) is 4.30. The Hall–Kier alpha value is -0.660. The lowest BCUT2D eigenvalue weighted by atomic mass is 9.94. The van der Waals surface area contributed by atoms with Gasteiger partial charge in [0.25, 0.3) is 0 Å². The van der Waals surface area contributed by atoms with Crippen LogP contribution in [0, 0.1) is 5.92 Å². The standard InChI is InChI=1S/C14H27N3O3S/c1-4-21(19,20)16-8-5-13(6-9-16)14(18)17-10-7-15-11(2)12(17)3/h11-13,15H,4-10H2,1-3H3. The van der Waals surface area contributed by atoms with Gasteiger partial charge in [0.05, 0.1) is 5.75 Å². The highest BCUT2D eigenvalue weighted by atomic mass is 32.2. The summed E-state index contributed by atoms with van der Waals surface area (Å²) in [6, 6.07) is 0.506. The molecule has 2 saturated heterocycles. The summed E-state index contributed by atoms with van der Waals surface area (Å²) in [4.78, 5) is 14.6. The SMILES string of the molecule is CCS(=O)(=O)N1CCC(C(=O)N2CCNC(C)C2C)CC1. The third-order valence-electron chi connectivity index (χ3n) is 4.88. The van der Waals surface area contributed by atoms with E-state index in [0.29, 0.717) is 32.0 Å². The van der Waals surface area contributed by atoms with E-state index >= 15 is 0 Å². The molecule has 2 heterocycles. The highest BCUT2D eigenvalue weighted by Gasteiger charge is 2.35. The van der Waals surface area contributed by atoms with Crippen LogP contribution in [0.25, 0.3) is 0 Å². The van der Waals surface area contributed by atoms with Crippen LogP contribution in [0.2, 0.25) is 0 Å². The zero-order chi connectivity index (χ0) is 15.6. The molecule has 0 bridgehead atoms. The Morgan fingerprint density at radius 3 is 2.38 bits per heavy atom. The van der Waals surface area contributed by atoms with Gasteiger partial charge in [-0.25, -0.2) is 12.7 Å². The van der Waals surface area contributed by atoms with E-state index in [0.717, 1.165) is 13.1 Å². The average molecular weight is 317 g/mol. The summed E-state index contributed by atoms with van der Waals surface area (Å²) in [6.07, 6.45) is 1.28. The number of hydrogen-bond donors (Lipinski definition) is 1. The number of amides is 1. The number of carbonyl (C=O) groups is 1.